The Morgan fingerprint density at radius 3 is 2.62 bits per heavy atom. The van der Waals surface area contributed by atoms with Crippen molar-refractivity contribution < 1.29 is 19.4 Å². The molecule has 0 aliphatic carbocycles. The number of rotatable bonds is 5. The summed E-state index contributed by atoms with van der Waals surface area (Å²) in [6.45, 7) is 0.131. The van der Waals surface area contributed by atoms with E-state index in [0.29, 0.717) is 21.4 Å². The van der Waals surface area contributed by atoms with Gasteiger partial charge in [0.05, 0.1) is 12.1 Å². The SMILES string of the molecule is COc1c(COc2ccc(Cl)cc2Cl)cccc1C(=O)O. The monoisotopic (exact) mass is 326 g/mol. The van der Waals surface area contributed by atoms with Crippen LogP contribution in [0.5, 0.6) is 11.5 Å². The zero-order valence-corrected chi connectivity index (χ0v) is 12.6. The van der Waals surface area contributed by atoms with E-state index in [1.165, 1.54) is 13.2 Å². The Kier molecular flexibility index (Phi) is 4.94. The number of benzene rings is 2. The second-order valence-electron chi connectivity index (χ2n) is 4.17. The largest absolute Gasteiger partial charge is 0.495 e. The summed E-state index contributed by atoms with van der Waals surface area (Å²) in [6.07, 6.45) is 0. The van der Waals surface area contributed by atoms with E-state index in [2.05, 4.69) is 0 Å². The zero-order valence-electron chi connectivity index (χ0n) is 11.1. The summed E-state index contributed by atoms with van der Waals surface area (Å²) in [4.78, 5) is 11.1. The molecule has 21 heavy (non-hydrogen) atoms. The van der Waals surface area contributed by atoms with Crippen LogP contribution in [0, 0.1) is 0 Å². The van der Waals surface area contributed by atoms with E-state index in [9.17, 15) is 4.79 Å². The molecule has 0 amide bonds. The minimum Gasteiger partial charge on any atom is -0.495 e. The fourth-order valence-corrected chi connectivity index (χ4v) is 2.32. The Morgan fingerprint density at radius 1 is 1.24 bits per heavy atom. The molecule has 2 aromatic carbocycles. The van der Waals surface area contributed by atoms with Crippen molar-refractivity contribution in [2.45, 2.75) is 6.61 Å². The van der Waals surface area contributed by atoms with Crippen LogP contribution >= 0.6 is 23.2 Å². The topological polar surface area (TPSA) is 55.8 Å². The number of aromatic carboxylic acids is 1. The van der Waals surface area contributed by atoms with Crippen LogP contribution in [0.4, 0.5) is 0 Å². The maximum atomic E-state index is 11.1. The first-order chi connectivity index (χ1) is 10.0. The number of halogens is 2. The van der Waals surface area contributed by atoms with Crippen molar-refractivity contribution >= 4 is 29.2 Å². The van der Waals surface area contributed by atoms with Gasteiger partial charge in [-0.3, -0.25) is 0 Å². The van der Waals surface area contributed by atoms with Gasteiger partial charge in [0.2, 0.25) is 0 Å². The van der Waals surface area contributed by atoms with E-state index in [0.717, 1.165) is 0 Å². The first-order valence-corrected chi connectivity index (χ1v) is 6.75. The molecule has 0 unspecified atom stereocenters. The number of methoxy groups -OCH3 is 1. The van der Waals surface area contributed by atoms with Crippen LogP contribution < -0.4 is 9.47 Å². The molecule has 0 atom stereocenters. The van der Waals surface area contributed by atoms with Gasteiger partial charge in [0.25, 0.3) is 0 Å². The van der Waals surface area contributed by atoms with Crippen molar-refractivity contribution in [3.63, 3.8) is 0 Å². The van der Waals surface area contributed by atoms with Crippen molar-refractivity contribution in [2.75, 3.05) is 7.11 Å². The van der Waals surface area contributed by atoms with Gasteiger partial charge in [-0.15, -0.1) is 0 Å². The lowest BCUT2D eigenvalue weighted by Gasteiger charge is -2.13. The van der Waals surface area contributed by atoms with Crippen LogP contribution in [0.2, 0.25) is 10.0 Å². The van der Waals surface area contributed by atoms with Crippen molar-refractivity contribution in [2.24, 2.45) is 0 Å². The van der Waals surface area contributed by atoms with E-state index in [1.54, 1.807) is 30.3 Å². The van der Waals surface area contributed by atoms with E-state index >= 15 is 0 Å². The first kappa shape index (κ1) is 15.5. The Labute approximate surface area is 131 Å². The number of hydrogen-bond acceptors (Lipinski definition) is 3. The smallest absolute Gasteiger partial charge is 0.339 e. The molecular weight excluding hydrogens is 315 g/mol. The number of hydrogen-bond donors (Lipinski definition) is 1. The van der Waals surface area contributed by atoms with Crippen LogP contribution in [-0.4, -0.2) is 18.2 Å². The predicted molar refractivity (Wildman–Crippen MR) is 80.7 cm³/mol. The van der Waals surface area contributed by atoms with Crippen molar-refractivity contribution in [3.8, 4) is 11.5 Å². The molecule has 0 fully saturated rings. The molecule has 6 heteroatoms. The number of carbonyl (C=O) groups is 1. The zero-order chi connectivity index (χ0) is 15.4. The molecule has 0 aliphatic rings. The first-order valence-electron chi connectivity index (χ1n) is 6.00. The van der Waals surface area contributed by atoms with Crippen molar-refractivity contribution in [1.29, 1.82) is 0 Å². The number of carboxylic acids is 1. The average molecular weight is 327 g/mol. The maximum Gasteiger partial charge on any atom is 0.339 e. The van der Waals surface area contributed by atoms with Crippen LogP contribution in [0.15, 0.2) is 36.4 Å². The van der Waals surface area contributed by atoms with Crippen LogP contribution in [0.1, 0.15) is 15.9 Å². The van der Waals surface area contributed by atoms with E-state index in [4.69, 9.17) is 37.8 Å². The number of ether oxygens (including phenoxy) is 2. The molecule has 1 N–H and O–H groups in total. The highest BCUT2D eigenvalue weighted by Crippen LogP contribution is 2.30. The molecule has 0 aliphatic heterocycles. The van der Waals surface area contributed by atoms with Gasteiger partial charge in [0.1, 0.15) is 23.7 Å². The fourth-order valence-electron chi connectivity index (χ4n) is 1.86. The molecular formula is C15H12Cl2O4. The second kappa shape index (κ2) is 6.70. The standard InChI is InChI=1S/C15H12Cl2O4/c1-20-14-9(3-2-4-11(14)15(18)19)8-21-13-6-5-10(16)7-12(13)17/h2-7H,8H2,1H3,(H,18,19). The molecule has 0 aromatic heterocycles. The molecule has 0 bridgehead atoms. The summed E-state index contributed by atoms with van der Waals surface area (Å²) < 4.78 is 10.8. The molecule has 4 nitrogen and oxygen atoms in total. The predicted octanol–water partition coefficient (Wildman–Crippen LogP) is 4.28. The summed E-state index contributed by atoms with van der Waals surface area (Å²) in [5, 5.41) is 10.0. The molecule has 0 heterocycles. The Hall–Kier alpha value is -1.91. The molecule has 0 spiro atoms. The Balaban J connectivity index is 2.24. The normalized spacial score (nSPS) is 10.2. The van der Waals surface area contributed by atoms with Gasteiger partial charge in [0.15, 0.2) is 0 Å². The minimum atomic E-state index is -1.06. The molecule has 0 saturated heterocycles. The van der Waals surface area contributed by atoms with Crippen LogP contribution in [0.25, 0.3) is 0 Å². The van der Waals surface area contributed by atoms with Gasteiger partial charge in [-0.05, 0) is 24.3 Å². The fraction of sp³-hybridized carbons (Fsp3) is 0.133. The van der Waals surface area contributed by atoms with Gasteiger partial charge in [-0.2, -0.15) is 0 Å². The van der Waals surface area contributed by atoms with Crippen molar-refractivity contribution in [3.05, 3.63) is 57.6 Å². The minimum absolute atomic E-state index is 0.0841. The Bertz CT molecular complexity index is 671. The van der Waals surface area contributed by atoms with Crippen molar-refractivity contribution in [1.82, 2.24) is 0 Å². The lowest BCUT2D eigenvalue weighted by molar-refractivity contribution is 0.0693. The highest BCUT2D eigenvalue weighted by molar-refractivity contribution is 6.35. The molecule has 110 valence electrons. The lowest BCUT2D eigenvalue weighted by atomic mass is 10.1. The average Bonchev–Trinajstić information content (AvgIpc) is 2.45. The highest BCUT2D eigenvalue weighted by Gasteiger charge is 2.15. The van der Waals surface area contributed by atoms with E-state index in [-0.39, 0.29) is 17.9 Å². The highest BCUT2D eigenvalue weighted by atomic mass is 35.5. The third-order valence-electron chi connectivity index (χ3n) is 2.81. The molecule has 2 aromatic rings. The number of carboxylic acid groups (broad SMARTS) is 1. The van der Waals surface area contributed by atoms with Gasteiger partial charge in [0, 0.05) is 10.6 Å². The van der Waals surface area contributed by atoms with Crippen LogP contribution in [-0.2, 0) is 6.61 Å². The maximum absolute atomic E-state index is 11.1. The molecule has 0 radical (unpaired) electrons. The summed E-state index contributed by atoms with van der Waals surface area (Å²) in [6, 6.07) is 9.72. The summed E-state index contributed by atoms with van der Waals surface area (Å²) in [5.74, 6) is -0.322. The van der Waals surface area contributed by atoms with Gasteiger partial charge < -0.3 is 14.6 Å². The summed E-state index contributed by atoms with van der Waals surface area (Å²) in [7, 11) is 1.42. The van der Waals surface area contributed by atoms with Gasteiger partial charge in [-0.1, -0.05) is 35.3 Å². The lowest BCUT2D eigenvalue weighted by Crippen LogP contribution is -2.05. The van der Waals surface area contributed by atoms with E-state index in [1.807, 2.05) is 0 Å². The Morgan fingerprint density at radius 2 is 2.00 bits per heavy atom. The molecule has 2 rings (SSSR count). The second-order valence-corrected chi connectivity index (χ2v) is 5.01. The number of para-hydroxylation sites is 1. The third kappa shape index (κ3) is 3.60. The van der Waals surface area contributed by atoms with Gasteiger partial charge in [-0.25, -0.2) is 4.79 Å². The third-order valence-corrected chi connectivity index (χ3v) is 3.34. The quantitative estimate of drug-likeness (QED) is 0.890. The van der Waals surface area contributed by atoms with E-state index < -0.39 is 5.97 Å². The summed E-state index contributed by atoms with van der Waals surface area (Å²) in [5.41, 5.74) is 0.698. The van der Waals surface area contributed by atoms with Crippen LogP contribution in [0.3, 0.4) is 0 Å². The van der Waals surface area contributed by atoms with Gasteiger partial charge >= 0.3 is 5.97 Å². The summed E-state index contributed by atoms with van der Waals surface area (Å²) >= 11 is 11.8. The molecule has 0 saturated carbocycles.